The molecule has 0 fully saturated rings. The number of aliphatic hydroxyl groups excluding tert-OH is 2. The van der Waals surface area contributed by atoms with E-state index in [0.717, 1.165) is 4.47 Å². The Morgan fingerprint density at radius 2 is 2.21 bits per heavy atom. The first kappa shape index (κ1) is 9.76. The Bertz CT molecular complexity index is 353. The lowest BCUT2D eigenvalue weighted by molar-refractivity contribution is 0.0954. The first-order valence-electron chi connectivity index (χ1n) is 4.10. The predicted octanol–water partition coefficient (Wildman–Crippen LogP) is 1.20. The smallest absolute Gasteiger partial charge is 0.231 e. The third-order valence-corrected chi connectivity index (χ3v) is 2.60. The summed E-state index contributed by atoms with van der Waals surface area (Å²) in [4.78, 5) is 0. The molecule has 0 aromatic heterocycles. The van der Waals surface area contributed by atoms with Gasteiger partial charge in [0.05, 0.1) is 11.1 Å². The molecule has 0 bridgehead atoms. The monoisotopic (exact) mass is 260 g/mol. The number of hydrogen-bond acceptors (Lipinski definition) is 4. The summed E-state index contributed by atoms with van der Waals surface area (Å²) in [6.45, 7) is -0.126. The molecule has 1 heterocycles. The number of benzene rings is 1. The van der Waals surface area contributed by atoms with Crippen LogP contribution in [0.4, 0.5) is 0 Å². The van der Waals surface area contributed by atoms with E-state index in [4.69, 9.17) is 14.6 Å². The van der Waals surface area contributed by atoms with E-state index in [2.05, 4.69) is 15.9 Å². The highest BCUT2D eigenvalue weighted by Crippen LogP contribution is 2.41. The fraction of sp³-hybridized carbons (Fsp3) is 0.333. The average Bonchev–Trinajstić information content (AvgIpc) is 2.64. The zero-order chi connectivity index (χ0) is 10.1. The Morgan fingerprint density at radius 3 is 2.93 bits per heavy atom. The Balaban J connectivity index is 2.41. The van der Waals surface area contributed by atoms with Crippen molar-refractivity contribution < 1.29 is 19.7 Å². The Labute approximate surface area is 89.2 Å². The molecule has 0 spiro atoms. The lowest BCUT2D eigenvalue weighted by Gasteiger charge is -2.09. The molecule has 1 aliphatic rings. The largest absolute Gasteiger partial charge is 0.454 e. The molecule has 0 saturated carbocycles. The van der Waals surface area contributed by atoms with Crippen molar-refractivity contribution in [3.8, 4) is 11.5 Å². The topological polar surface area (TPSA) is 58.9 Å². The van der Waals surface area contributed by atoms with E-state index in [0.29, 0.717) is 17.1 Å². The molecule has 1 aromatic carbocycles. The molecular weight excluding hydrogens is 252 g/mol. The summed E-state index contributed by atoms with van der Waals surface area (Å²) in [6, 6.07) is 3.36. The number of fused-ring (bicyclic) bond motifs is 1. The van der Waals surface area contributed by atoms with Crippen LogP contribution in [-0.2, 0) is 0 Å². The summed E-state index contributed by atoms with van der Waals surface area (Å²) in [6.07, 6.45) is -0.888. The molecule has 2 rings (SSSR count). The molecule has 1 unspecified atom stereocenters. The number of hydrogen-bond donors (Lipinski definition) is 2. The molecule has 0 amide bonds. The minimum Gasteiger partial charge on any atom is -0.454 e. The summed E-state index contributed by atoms with van der Waals surface area (Å²) in [5.74, 6) is 1.22. The van der Waals surface area contributed by atoms with E-state index in [9.17, 15) is 5.11 Å². The molecule has 76 valence electrons. The van der Waals surface area contributed by atoms with E-state index in [1.54, 1.807) is 12.1 Å². The van der Waals surface area contributed by atoms with Crippen molar-refractivity contribution in [2.75, 3.05) is 13.4 Å². The Morgan fingerprint density at radius 1 is 1.43 bits per heavy atom. The molecule has 5 heteroatoms. The highest BCUT2D eigenvalue weighted by molar-refractivity contribution is 9.10. The van der Waals surface area contributed by atoms with Crippen LogP contribution < -0.4 is 9.47 Å². The van der Waals surface area contributed by atoms with Crippen LogP contribution in [0.2, 0.25) is 0 Å². The zero-order valence-electron chi connectivity index (χ0n) is 7.24. The van der Waals surface area contributed by atoms with Crippen LogP contribution in [0.25, 0.3) is 0 Å². The normalized spacial score (nSPS) is 15.6. The summed E-state index contributed by atoms with van der Waals surface area (Å²) in [5.41, 5.74) is 0.601. The van der Waals surface area contributed by atoms with Crippen molar-refractivity contribution in [2.24, 2.45) is 0 Å². The molecule has 4 nitrogen and oxygen atoms in total. The van der Waals surface area contributed by atoms with Gasteiger partial charge in [-0.1, -0.05) is 0 Å². The van der Waals surface area contributed by atoms with Gasteiger partial charge in [0.25, 0.3) is 0 Å². The fourth-order valence-corrected chi connectivity index (χ4v) is 1.86. The Hall–Kier alpha value is -0.780. The number of aliphatic hydroxyl groups is 2. The van der Waals surface area contributed by atoms with E-state index in [-0.39, 0.29) is 13.4 Å². The summed E-state index contributed by atoms with van der Waals surface area (Å²) < 4.78 is 11.1. The minimum atomic E-state index is -0.888. The van der Waals surface area contributed by atoms with Gasteiger partial charge in [-0.2, -0.15) is 0 Å². The molecule has 1 aliphatic heterocycles. The van der Waals surface area contributed by atoms with E-state index >= 15 is 0 Å². The van der Waals surface area contributed by atoms with Crippen LogP contribution in [-0.4, -0.2) is 23.6 Å². The molecular formula is C9H9BrO4. The maximum Gasteiger partial charge on any atom is 0.231 e. The summed E-state index contributed by atoms with van der Waals surface area (Å²) >= 11 is 3.30. The third kappa shape index (κ3) is 1.58. The highest BCUT2D eigenvalue weighted by atomic mass is 79.9. The standard InChI is InChI=1S/C9H9BrO4/c10-6-1-5(7(12)3-11)2-8-9(6)14-4-13-8/h1-2,7,11-12H,3-4H2. The van der Waals surface area contributed by atoms with Crippen LogP contribution in [0.3, 0.4) is 0 Å². The van der Waals surface area contributed by atoms with Crippen molar-refractivity contribution in [3.05, 3.63) is 22.2 Å². The van der Waals surface area contributed by atoms with Crippen LogP contribution in [0.5, 0.6) is 11.5 Å². The van der Waals surface area contributed by atoms with Gasteiger partial charge in [0.15, 0.2) is 11.5 Å². The second kappa shape index (κ2) is 3.76. The van der Waals surface area contributed by atoms with Crippen molar-refractivity contribution in [3.63, 3.8) is 0 Å². The molecule has 1 atom stereocenters. The van der Waals surface area contributed by atoms with Crippen molar-refractivity contribution in [1.82, 2.24) is 0 Å². The van der Waals surface area contributed by atoms with Crippen molar-refractivity contribution in [1.29, 1.82) is 0 Å². The predicted molar refractivity (Wildman–Crippen MR) is 52.3 cm³/mol. The van der Waals surface area contributed by atoms with Crippen LogP contribution in [0.15, 0.2) is 16.6 Å². The lowest BCUT2D eigenvalue weighted by Crippen LogP contribution is -2.02. The van der Waals surface area contributed by atoms with Gasteiger partial charge in [-0.3, -0.25) is 0 Å². The highest BCUT2D eigenvalue weighted by Gasteiger charge is 2.20. The fourth-order valence-electron chi connectivity index (χ4n) is 1.29. The third-order valence-electron chi connectivity index (χ3n) is 2.01. The molecule has 0 radical (unpaired) electrons. The maximum absolute atomic E-state index is 9.42. The Kier molecular flexibility index (Phi) is 2.62. The molecule has 1 aromatic rings. The molecule has 0 aliphatic carbocycles. The van der Waals surface area contributed by atoms with Gasteiger partial charge < -0.3 is 19.7 Å². The lowest BCUT2D eigenvalue weighted by atomic mass is 10.1. The van der Waals surface area contributed by atoms with Gasteiger partial charge in [0.2, 0.25) is 6.79 Å². The van der Waals surface area contributed by atoms with Gasteiger partial charge in [-0.05, 0) is 33.6 Å². The quantitative estimate of drug-likeness (QED) is 0.839. The SMILES string of the molecule is OCC(O)c1cc(Br)c2c(c1)OCO2. The molecule has 0 saturated heterocycles. The van der Waals surface area contributed by atoms with E-state index < -0.39 is 6.10 Å². The van der Waals surface area contributed by atoms with Crippen LogP contribution in [0.1, 0.15) is 11.7 Å². The minimum absolute atomic E-state index is 0.187. The van der Waals surface area contributed by atoms with Gasteiger partial charge in [-0.15, -0.1) is 0 Å². The van der Waals surface area contributed by atoms with Gasteiger partial charge in [-0.25, -0.2) is 0 Å². The van der Waals surface area contributed by atoms with E-state index in [1.165, 1.54) is 0 Å². The number of ether oxygens (including phenoxy) is 2. The van der Waals surface area contributed by atoms with Gasteiger partial charge in [0, 0.05) is 0 Å². The van der Waals surface area contributed by atoms with Gasteiger partial charge in [0.1, 0.15) is 6.10 Å². The second-order valence-electron chi connectivity index (χ2n) is 2.93. The zero-order valence-corrected chi connectivity index (χ0v) is 8.82. The maximum atomic E-state index is 9.42. The molecule has 2 N–H and O–H groups in total. The van der Waals surface area contributed by atoms with Crippen LogP contribution in [0, 0.1) is 0 Å². The number of rotatable bonds is 2. The average molecular weight is 261 g/mol. The van der Waals surface area contributed by atoms with Crippen LogP contribution >= 0.6 is 15.9 Å². The summed E-state index contributed by atoms with van der Waals surface area (Å²) in [5, 5.41) is 18.2. The second-order valence-corrected chi connectivity index (χ2v) is 3.79. The van der Waals surface area contributed by atoms with E-state index in [1.807, 2.05) is 0 Å². The van der Waals surface area contributed by atoms with Crippen molar-refractivity contribution in [2.45, 2.75) is 6.10 Å². The van der Waals surface area contributed by atoms with Gasteiger partial charge >= 0.3 is 0 Å². The first-order chi connectivity index (χ1) is 6.72. The van der Waals surface area contributed by atoms with Crippen molar-refractivity contribution >= 4 is 15.9 Å². The number of halogens is 1. The summed E-state index contributed by atoms with van der Waals surface area (Å²) in [7, 11) is 0. The first-order valence-corrected chi connectivity index (χ1v) is 4.89. The molecule has 14 heavy (non-hydrogen) atoms.